The van der Waals surface area contributed by atoms with E-state index in [0.29, 0.717) is 16.4 Å². The van der Waals surface area contributed by atoms with Gasteiger partial charge in [-0.15, -0.1) is 23.5 Å². The van der Waals surface area contributed by atoms with Crippen LogP contribution in [-0.2, 0) is 0 Å². The second-order valence-corrected chi connectivity index (χ2v) is 7.31. The zero-order valence-corrected chi connectivity index (χ0v) is 17.0. The lowest BCUT2D eigenvalue weighted by Gasteiger charge is -2.16. The van der Waals surface area contributed by atoms with Gasteiger partial charge < -0.3 is 5.73 Å². The van der Waals surface area contributed by atoms with Gasteiger partial charge in [0.05, 0.1) is 5.69 Å². The highest BCUT2D eigenvalue weighted by atomic mass is 32.2. The summed E-state index contributed by atoms with van der Waals surface area (Å²) in [5.74, 6) is 0.764. The molecule has 2 N–H and O–H groups in total. The van der Waals surface area contributed by atoms with Crippen molar-refractivity contribution in [2.24, 2.45) is 10.7 Å². The van der Waals surface area contributed by atoms with Crippen LogP contribution in [-0.4, -0.2) is 34.9 Å². The summed E-state index contributed by atoms with van der Waals surface area (Å²) < 4.78 is 1.60. The van der Waals surface area contributed by atoms with E-state index in [1.807, 2.05) is 67.1 Å². The number of benzene rings is 2. The van der Waals surface area contributed by atoms with Crippen molar-refractivity contribution in [2.45, 2.75) is 9.92 Å². The van der Waals surface area contributed by atoms with Crippen molar-refractivity contribution in [3.8, 4) is 17.1 Å². The lowest BCUT2D eigenvalue weighted by molar-refractivity contribution is 0.894. The van der Waals surface area contributed by atoms with Crippen LogP contribution in [0.15, 0.2) is 74.3 Å². The third-order valence-corrected chi connectivity index (χ3v) is 5.53. The molecule has 3 aromatic rings. The maximum absolute atomic E-state index is 13.4. The Kier molecular flexibility index (Phi) is 6.03. The molecule has 7 heteroatoms. The van der Waals surface area contributed by atoms with Crippen LogP contribution >= 0.6 is 23.5 Å². The van der Waals surface area contributed by atoms with E-state index in [9.17, 15) is 4.79 Å². The molecule has 5 nitrogen and oxygen atoms in total. The molecule has 0 saturated heterocycles. The summed E-state index contributed by atoms with van der Waals surface area (Å²) in [6.45, 7) is 0. The van der Waals surface area contributed by atoms with Crippen LogP contribution in [0.25, 0.3) is 17.1 Å². The van der Waals surface area contributed by atoms with E-state index in [-0.39, 0.29) is 11.4 Å². The van der Waals surface area contributed by atoms with Crippen LogP contribution in [0.1, 0.15) is 5.56 Å². The van der Waals surface area contributed by atoms with Gasteiger partial charge >= 0.3 is 0 Å². The van der Waals surface area contributed by atoms with Gasteiger partial charge in [-0.05, 0) is 36.8 Å². The highest BCUT2D eigenvalue weighted by molar-refractivity contribution is 7.98. The molecule has 0 aliphatic rings. The van der Waals surface area contributed by atoms with Gasteiger partial charge in [0.15, 0.2) is 0 Å². The van der Waals surface area contributed by atoms with Crippen LogP contribution < -0.4 is 11.3 Å². The number of thioether (sulfide) groups is 2. The van der Waals surface area contributed by atoms with Gasteiger partial charge in [0, 0.05) is 17.5 Å². The van der Waals surface area contributed by atoms with Crippen LogP contribution in [0, 0.1) is 0 Å². The molecule has 0 atom stereocenters. The standard InChI is InChI=1S/C20H20N4OS2/c1-22-17(21)16-19(27-3)23-18(13-7-5-4-6-8-13)24(20(16)25)14-9-11-15(26-2)12-10-14/h4-12H,1-3H3,(H2,21,22). The molecule has 2 aromatic carbocycles. The first-order chi connectivity index (χ1) is 13.1. The molecule has 0 aliphatic heterocycles. The molecule has 0 aliphatic carbocycles. The molecule has 0 fully saturated rings. The molecule has 0 radical (unpaired) electrons. The molecule has 0 bridgehead atoms. The Morgan fingerprint density at radius 3 is 2.26 bits per heavy atom. The Balaban J connectivity index is 2.38. The van der Waals surface area contributed by atoms with Crippen molar-refractivity contribution in [1.29, 1.82) is 0 Å². The SMILES string of the molecule is CN=C(N)c1c(SC)nc(-c2ccccc2)n(-c2ccc(SC)cc2)c1=O. The van der Waals surface area contributed by atoms with Gasteiger partial charge in [-0.25, -0.2) is 4.98 Å². The van der Waals surface area contributed by atoms with Crippen LogP contribution in [0.2, 0.25) is 0 Å². The zero-order chi connectivity index (χ0) is 19.4. The second-order valence-electron chi connectivity index (χ2n) is 5.63. The molecule has 0 spiro atoms. The van der Waals surface area contributed by atoms with Crippen molar-refractivity contribution in [3.63, 3.8) is 0 Å². The lowest BCUT2D eigenvalue weighted by Crippen LogP contribution is -2.32. The Hall–Kier alpha value is -2.51. The third-order valence-electron chi connectivity index (χ3n) is 4.10. The maximum Gasteiger partial charge on any atom is 0.270 e. The number of nitrogens with zero attached hydrogens (tertiary/aromatic N) is 3. The molecule has 27 heavy (non-hydrogen) atoms. The van der Waals surface area contributed by atoms with Crippen LogP contribution in [0.4, 0.5) is 0 Å². The highest BCUT2D eigenvalue weighted by Crippen LogP contribution is 2.25. The summed E-state index contributed by atoms with van der Waals surface area (Å²) in [6.07, 6.45) is 3.89. The number of aliphatic imine (C=N–C) groups is 1. The van der Waals surface area contributed by atoms with E-state index in [1.54, 1.807) is 23.4 Å². The Morgan fingerprint density at radius 1 is 1.04 bits per heavy atom. The predicted molar refractivity (Wildman–Crippen MR) is 115 cm³/mol. The molecule has 3 rings (SSSR count). The first-order valence-electron chi connectivity index (χ1n) is 8.24. The minimum Gasteiger partial charge on any atom is -0.383 e. The first-order valence-corrected chi connectivity index (χ1v) is 10.7. The van der Waals surface area contributed by atoms with E-state index in [4.69, 9.17) is 10.7 Å². The molecule has 0 unspecified atom stereocenters. The van der Waals surface area contributed by atoms with Crippen LogP contribution in [0.3, 0.4) is 0 Å². The summed E-state index contributed by atoms with van der Waals surface area (Å²) in [5.41, 5.74) is 7.73. The number of amidine groups is 1. The normalized spacial score (nSPS) is 11.6. The van der Waals surface area contributed by atoms with E-state index in [1.165, 1.54) is 11.8 Å². The number of hydrogen-bond donors (Lipinski definition) is 1. The highest BCUT2D eigenvalue weighted by Gasteiger charge is 2.20. The summed E-state index contributed by atoms with van der Waals surface area (Å²) in [6, 6.07) is 17.5. The number of rotatable bonds is 5. The molecular weight excluding hydrogens is 376 g/mol. The number of hydrogen-bond acceptors (Lipinski definition) is 5. The lowest BCUT2D eigenvalue weighted by atomic mass is 10.2. The van der Waals surface area contributed by atoms with Crippen molar-refractivity contribution >= 4 is 29.4 Å². The van der Waals surface area contributed by atoms with Gasteiger partial charge in [0.25, 0.3) is 5.56 Å². The molecule has 1 aromatic heterocycles. The van der Waals surface area contributed by atoms with E-state index in [0.717, 1.165) is 16.1 Å². The van der Waals surface area contributed by atoms with Gasteiger partial charge in [0.2, 0.25) is 0 Å². The topological polar surface area (TPSA) is 73.3 Å². The van der Waals surface area contributed by atoms with Crippen LogP contribution in [0.5, 0.6) is 0 Å². The Labute approximate surface area is 166 Å². The molecule has 1 heterocycles. The number of nitrogens with two attached hydrogens (primary N) is 1. The van der Waals surface area contributed by atoms with E-state index >= 15 is 0 Å². The summed E-state index contributed by atoms with van der Waals surface area (Å²) in [5, 5.41) is 0.568. The summed E-state index contributed by atoms with van der Waals surface area (Å²) >= 11 is 3.03. The Morgan fingerprint density at radius 2 is 1.70 bits per heavy atom. The third kappa shape index (κ3) is 3.79. The average molecular weight is 397 g/mol. The predicted octanol–water partition coefficient (Wildman–Crippen LogP) is 3.68. The number of aromatic nitrogens is 2. The largest absolute Gasteiger partial charge is 0.383 e. The van der Waals surface area contributed by atoms with E-state index in [2.05, 4.69) is 4.99 Å². The van der Waals surface area contributed by atoms with Crippen molar-refractivity contribution in [1.82, 2.24) is 9.55 Å². The maximum atomic E-state index is 13.4. The van der Waals surface area contributed by atoms with Gasteiger partial charge in [-0.2, -0.15) is 0 Å². The summed E-state index contributed by atoms with van der Waals surface area (Å²) in [7, 11) is 1.57. The average Bonchev–Trinajstić information content (AvgIpc) is 2.73. The zero-order valence-electron chi connectivity index (χ0n) is 15.3. The van der Waals surface area contributed by atoms with E-state index < -0.39 is 0 Å². The second kappa shape index (κ2) is 8.45. The first kappa shape index (κ1) is 19.3. The van der Waals surface area contributed by atoms with Gasteiger partial charge in [-0.1, -0.05) is 30.3 Å². The summed E-state index contributed by atoms with van der Waals surface area (Å²) in [4.78, 5) is 23.4. The minimum atomic E-state index is -0.229. The monoisotopic (exact) mass is 396 g/mol. The smallest absolute Gasteiger partial charge is 0.270 e. The van der Waals surface area contributed by atoms with Gasteiger partial charge in [0.1, 0.15) is 22.2 Å². The minimum absolute atomic E-state index is 0.186. The quantitative estimate of drug-likeness (QED) is 0.308. The Bertz CT molecular complexity index is 1030. The van der Waals surface area contributed by atoms with Crippen molar-refractivity contribution in [2.75, 3.05) is 19.6 Å². The van der Waals surface area contributed by atoms with Crippen molar-refractivity contribution in [3.05, 3.63) is 70.5 Å². The van der Waals surface area contributed by atoms with Gasteiger partial charge in [-0.3, -0.25) is 14.4 Å². The fourth-order valence-corrected chi connectivity index (χ4v) is 3.71. The molecular formula is C20H20N4OS2. The molecule has 0 saturated carbocycles. The fraction of sp³-hybridized carbons (Fsp3) is 0.150. The molecule has 0 amide bonds. The fourth-order valence-electron chi connectivity index (χ4n) is 2.73. The molecule has 138 valence electrons. The van der Waals surface area contributed by atoms with Crippen molar-refractivity contribution < 1.29 is 0 Å².